The van der Waals surface area contributed by atoms with Crippen LogP contribution < -0.4 is 0 Å². The van der Waals surface area contributed by atoms with Crippen LogP contribution in [0.15, 0.2) is 36.5 Å². The molecule has 2 aromatic rings. The molecule has 1 saturated heterocycles. The molecular formula is C14H16N2. The van der Waals surface area contributed by atoms with E-state index in [-0.39, 0.29) is 0 Å². The zero-order valence-electron chi connectivity index (χ0n) is 9.39. The first-order valence-corrected chi connectivity index (χ1v) is 5.98. The zero-order valence-corrected chi connectivity index (χ0v) is 9.39. The first-order chi connectivity index (χ1) is 7.92. The molecule has 0 aliphatic carbocycles. The van der Waals surface area contributed by atoms with Crippen molar-refractivity contribution in [2.24, 2.45) is 0 Å². The highest BCUT2D eigenvalue weighted by Crippen LogP contribution is 2.17. The molecule has 3 rings (SSSR count). The smallest absolute Gasteiger partial charge is 0.0705 e. The summed E-state index contributed by atoms with van der Waals surface area (Å²) in [6, 6.07) is 10.7. The van der Waals surface area contributed by atoms with Crippen LogP contribution in [0.4, 0.5) is 0 Å². The number of benzene rings is 1. The summed E-state index contributed by atoms with van der Waals surface area (Å²) in [7, 11) is 0. The SMILES string of the molecule is c1cnc2cc(CN3CCCC3)ccc2c1. The van der Waals surface area contributed by atoms with Gasteiger partial charge in [-0.05, 0) is 43.6 Å². The minimum Gasteiger partial charge on any atom is -0.299 e. The second kappa shape index (κ2) is 4.22. The van der Waals surface area contributed by atoms with Crippen LogP contribution >= 0.6 is 0 Å². The Morgan fingerprint density at radius 1 is 1.12 bits per heavy atom. The second-order valence-corrected chi connectivity index (χ2v) is 4.51. The molecule has 2 heterocycles. The lowest BCUT2D eigenvalue weighted by atomic mass is 10.1. The van der Waals surface area contributed by atoms with Gasteiger partial charge in [0.05, 0.1) is 5.52 Å². The van der Waals surface area contributed by atoms with Crippen molar-refractivity contribution in [1.29, 1.82) is 0 Å². The molecule has 0 atom stereocenters. The Morgan fingerprint density at radius 2 is 2.00 bits per heavy atom. The monoisotopic (exact) mass is 212 g/mol. The molecule has 1 fully saturated rings. The van der Waals surface area contributed by atoms with E-state index in [2.05, 4.69) is 34.1 Å². The van der Waals surface area contributed by atoms with E-state index in [9.17, 15) is 0 Å². The zero-order chi connectivity index (χ0) is 10.8. The summed E-state index contributed by atoms with van der Waals surface area (Å²) in [5, 5.41) is 1.23. The van der Waals surface area contributed by atoms with E-state index in [1.165, 1.54) is 36.9 Å². The maximum absolute atomic E-state index is 4.40. The van der Waals surface area contributed by atoms with Gasteiger partial charge in [0.1, 0.15) is 0 Å². The number of pyridine rings is 1. The van der Waals surface area contributed by atoms with Crippen molar-refractivity contribution in [1.82, 2.24) is 9.88 Å². The van der Waals surface area contributed by atoms with Crippen LogP contribution in [0.1, 0.15) is 18.4 Å². The average molecular weight is 212 g/mol. The second-order valence-electron chi connectivity index (χ2n) is 4.51. The van der Waals surface area contributed by atoms with Gasteiger partial charge in [-0.25, -0.2) is 0 Å². The number of hydrogen-bond donors (Lipinski definition) is 0. The predicted octanol–water partition coefficient (Wildman–Crippen LogP) is 2.83. The Labute approximate surface area is 95.9 Å². The average Bonchev–Trinajstić information content (AvgIpc) is 2.82. The normalized spacial score (nSPS) is 17.0. The van der Waals surface area contributed by atoms with E-state index in [4.69, 9.17) is 0 Å². The van der Waals surface area contributed by atoms with Crippen molar-refractivity contribution >= 4 is 10.9 Å². The molecule has 82 valence electrons. The number of rotatable bonds is 2. The molecule has 0 saturated carbocycles. The molecule has 0 spiro atoms. The molecule has 2 nitrogen and oxygen atoms in total. The van der Waals surface area contributed by atoms with Gasteiger partial charge in [0, 0.05) is 18.1 Å². The van der Waals surface area contributed by atoms with Gasteiger partial charge in [0.15, 0.2) is 0 Å². The topological polar surface area (TPSA) is 16.1 Å². The number of fused-ring (bicyclic) bond motifs is 1. The van der Waals surface area contributed by atoms with Crippen LogP contribution in [0, 0.1) is 0 Å². The van der Waals surface area contributed by atoms with Gasteiger partial charge in [-0.15, -0.1) is 0 Å². The van der Waals surface area contributed by atoms with Gasteiger partial charge in [-0.1, -0.05) is 18.2 Å². The number of nitrogens with zero attached hydrogens (tertiary/aromatic N) is 2. The fraction of sp³-hybridized carbons (Fsp3) is 0.357. The number of hydrogen-bond acceptors (Lipinski definition) is 2. The summed E-state index contributed by atoms with van der Waals surface area (Å²) in [4.78, 5) is 6.92. The van der Waals surface area contributed by atoms with E-state index in [0.29, 0.717) is 0 Å². The standard InChI is InChI=1S/C14H16N2/c1-2-9-16(8-1)11-12-5-6-13-4-3-7-15-14(13)10-12/h3-7,10H,1-2,8-9,11H2. The van der Waals surface area contributed by atoms with Gasteiger partial charge in [-0.3, -0.25) is 9.88 Å². The Kier molecular flexibility index (Phi) is 2.58. The summed E-state index contributed by atoms with van der Waals surface area (Å²) in [5.41, 5.74) is 2.49. The molecule has 0 unspecified atom stereocenters. The van der Waals surface area contributed by atoms with E-state index >= 15 is 0 Å². The van der Waals surface area contributed by atoms with Crippen molar-refractivity contribution in [3.8, 4) is 0 Å². The third-order valence-electron chi connectivity index (χ3n) is 3.28. The van der Waals surface area contributed by atoms with Crippen molar-refractivity contribution in [2.45, 2.75) is 19.4 Å². The lowest BCUT2D eigenvalue weighted by Crippen LogP contribution is -2.18. The molecule has 0 bridgehead atoms. The Bertz CT molecular complexity index is 487. The molecule has 0 N–H and O–H groups in total. The number of likely N-dealkylation sites (tertiary alicyclic amines) is 1. The van der Waals surface area contributed by atoms with Crippen LogP contribution in [0.3, 0.4) is 0 Å². The molecule has 1 aromatic carbocycles. The van der Waals surface area contributed by atoms with Crippen LogP contribution in [0.5, 0.6) is 0 Å². The largest absolute Gasteiger partial charge is 0.299 e. The van der Waals surface area contributed by atoms with Crippen molar-refractivity contribution in [2.75, 3.05) is 13.1 Å². The fourth-order valence-electron chi connectivity index (χ4n) is 2.41. The Morgan fingerprint density at radius 3 is 2.88 bits per heavy atom. The lowest BCUT2D eigenvalue weighted by Gasteiger charge is -2.14. The number of aromatic nitrogens is 1. The van der Waals surface area contributed by atoms with Crippen LogP contribution in [0.25, 0.3) is 10.9 Å². The summed E-state index contributed by atoms with van der Waals surface area (Å²) >= 11 is 0. The van der Waals surface area contributed by atoms with Gasteiger partial charge < -0.3 is 0 Å². The maximum atomic E-state index is 4.40. The molecule has 1 aliphatic rings. The van der Waals surface area contributed by atoms with Crippen molar-refractivity contribution in [3.05, 3.63) is 42.1 Å². The third-order valence-corrected chi connectivity index (χ3v) is 3.28. The van der Waals surface area contributed by atoms with Gasteiger partial charge >= 0.3 is 0 Å². The molecule has 0 amide bonds. The summed E-state index contributed by atoms with van der Waals surface area (Å²) in [6.45, 7) is 3.58. The lowest BCUT2D eigenvalue weighted by molar-refractivity contribution is 0.331. The minimum absolute atomic E-state index is 1.08. The summed E-state index contributed by atoms with van der Waals surface area (Å²) in [6.07, 6.45) is 4.57. The Hall–Kier alpha value is -1.41. The summed E-state index contributed by atoms with van der Waals surface area (Å²) in [5.74, 6) is 0. The van der Waals surface area contributed by atoms with Crippen molar-refractivity contribution < 1.29 is 0 Å². The molecule has 1 aromatic heterocycles. The van der Waals surface area contributed by atoms with Crippen molar-refractivity contribution in [3.63, 3.8) is 0 Å². The van der Waals surface area contributed by atoms with Gasteiger partial charge in [0.2, 0.25) is 0 Å². The third kappa shape index (κ3) is 1.93. The highest BCUT2D eigenvalue weighted by atomic mass is 15.1. The van der Waals surface area contributed by atoms with E-state index in [1.54, 1.807) is 0 Å². The summed E-state index contributed by atoms with van der Waals surface area (Å²) < 4.78 is 0. The highest BCUT2D eigenvalue weighted by molar-refractivity contribution is 5.78. The van der Waals surface area contributed by atoms with E-state index in [1.807, 2.05) is 12.3 Å². The molecule has 16 heavy (non-hydrogen) atoms. The Balaban J connectivity index is 1.86. The molecular weight excluding hydrogens is 196 g/mol. The predicted molar refractivity (Wildman–Crippen MR) is 66.3 cm³/mol. The van der Waals surface area contributed by atoms with E-state index in [0.717, 1.165) is 12.1 Å². The highest BCUT2D eigenvalue weighted by Gasteiger charge is 2.11. The maximum Gasteiger partial charge on any atom is 0.0705 e. The molecule has 1 aliphatic heterocycles. The van der Waals surface area contributed by atoms with Gasteiger partial charge in [0.25, 0.3) is 0 Å². The van der Waals surface area contributed by atoms with E-state index < -0.39 is 0 Å². The van der Waals surface area contributed by atoms with Gasteiger partial charge in [-0.2, -0.15) is 0 Å². The first-order valence-electron chi connectivity index (χ1n) is 5.98. The molecule has 2 heteroatoms. The van der Waals surface area contributed by atoms with Crippen LogP contribution in [0.2, 0.25) is 0 Å². The fourth-order valence-corrected chi connectivity index (χ4v) is 2.41. The van der Waals surface area contributed by atoms with Crippen LogP contribution in [-0.4, -0.2) is 23.0 Å². The van der Waals surface area contributed by atoms with Crippen LogP contribution in [-0.2, 0) is 6.54 Å². The quantitative estimate of drug-likeness (QED) is 0.761. The minimum atomic E-state index is 1.08. The first kappa shape index (κ1) is 9.79. The molecule has 0 radical (unpaired) electrons.